The molecule has 1 aliphatic heterocycles. The van der Waals surface area contributed by atoms with E-state index < -0.39 is 0 Å². The van der Waals surface area contributed by atoms with E-state index in [0.717, 1.165) is 18.7 Å². The summed E-state index contributed by atoms with van der Waals surface area (Å²) < 4.78 is 5.43. The SMILES string of the molecule is CCCNC1COCC1C(=O)NCCSc1ccccc1. The molecule has 0 spiro atoms. The molecule has 2 N–H and O–H groups in total. The first-order chi connectivity index (χ1) is 10.3. The lowest BCUT2D eigenvalue weighted by atomic mass is 10.0. The Labute approximate surface area is 131 Å². The van der Waals surface area contributed by atoms with Crippen LogP contribution in [0.3, 0.4) is 0 Å². The van der Waals surface area contributed by atoms with Crippen LogP contribution < -0.4 is 10.6 Å². The normalized spacial score (nSPS) is 21.4. The molecule has 21 heavy (non-hydrogen) atoms. The lowest BCUT2D eigenvalue weighted by molar-refractivity contribution is -0.125. The van der Waals surface area contributed by atoms with Crippen molar-refractivity contribution in [2.75, 3.05) is 32.1 Å². The summed E-state index contributed by atoms with van der Waals surface area (Å²) in [4.78, 5) is 13.4. The van der Waals surface area contributed by atoms with E-state index in [2.05, 4.69) is 29.7 Å². The van der Waals surface area contributed by atoms with Crippen molar-refractivity contribution in [2.45, 2.75) is 24.3 Å². The Morgan fingerprint density at radius 2 is 2.10 bits per heavy atom. The molecule has 1 aliphatic rings. The van der Waals surface area contributed by atoms with Crippen LogP contribution in [0.25, 0.3) is 0 Å². The topological polar surface area (TPSA) is 50.4 Å². The molecule has 5 heteroatoms. The highest BCUT2D eigenvalue weighted by molar-refractivity contribution is 7.99. The second kappa shape index (κ2) is 9.07. The predicted octanol–water partition coefficient (Wildman–Crippen LogP) is 1.91. The summed E-state index contributed by atoms with van der Waals surface area (Å²) in [6.45, 7) is 4.91. The van der Waals surface area contributed by atoms with Gasteiger partial charge < -0.3 is 15.4 Å². The van der Waals surface area contributed by atoms with Gasteiger partial charge in [0.1, 0.15) is 0 Å². The molecule has 1 saturated heterocycles. The number of ether oxygens (including phenoxy) is 1. The van der Waals surface area contributed by atoms with E-state index in [0.29, 0.717) is 19.8 Å². The average Bonchev–Trinajstić information content (AvgIpc) is 2.99. The third-order valence-electron chi connectivity index (χ3n) is 3.49. The minimum atomic E-state index is -0.0572. The Morgan fingerprint density at radius 3 is 2.86 bits per heavy atom. The van der Waals surface area contributed by atoms with Crippen LogP contribution in [0.15, 0.2) is 35.2 Å². The molecule has 0 aromatic heterocycles. The van der Waals surface area contributed by atoms with Gasteiger partial charge in [-0.1, -0.05) is 25.1 Å². The standard InChI is InChI=1S/C16H24N2O2S/c1-2-8-17-15-12-20-11-14(15)16(19)18-9-10-21-13-6-4-3-5-7-13/h3-7,14-15,17H,2,8-12H2,1H3,(H,18,19). The molecule has 116 valence electrons. The summed E-state index contributed by atoms with van der Waals surface area (Å²) in [5, 5.41) is 6.41. The molecule has 4 nitrogen and oxygen atoms in total. The first-order valence-electron chi connectivity index (χ1n) is 7.58. The first-order valence-corrected chi connectivity index (χ1v) is 8.56. The summed E-state index contributed by atoms with van der Waals surface area (Å²) in [6, 6.07) is 10.4. The Bertz CT molecular complexity index is 428. The number of carbonyl (C=O) groups excluding carboxylic acids is 1. The number of hydrogen-bond donors (Lipinski definition) is 2. The summed E-state index contributed by atoms with van der Waals surface area (Å²) in [6.07, 6.45) is 1.07. The van der Waals surface area contributed by atoms with Gasteiger partial charge in [0.2, 0.25) is 5.91 Å². The van der Waals surface area contributed by atoms with Crippen LogP contribution in [-0.4, -0.2) is 44.0 Å². The van der Waals surface area contributed by atoms with E-state index in [4.69, 9.17) is 4.74 Å². The van der Waals surface area contributed by atoms with Gasteiger partial charge in [-0.25, -0.2) is 0 Å². The summed E-state index contributed by atoms with van der Waals surface area (Å²) in [7, 11) is 0. The van der Waals surface area contributed by atoms with E-state index in [1.807, 2.05) is 18.2 Å². The Hall–Kier alpha value is -1.04. The Balaban J connectivity index is 1.66. The van der Waals surface area contributed by atoms with Crippen LogP contribution in [0.5, 0.6) is 0 Å². The zero-order chi connectivity index (χ0) is 14.9. The molecular formula is C16H24N2O2S. The Kier molecular flexibility index (Phi) is 7.06. The molecule has 2 unspecified atom stereocenters. The van der Waals surface area contributed by atoms with Crippen LogP contribution in [0.2, 0.25) is 0 Å². The van der Waals surface area contributed by atoms with Gasteiger partial charge in [-0.05, 0) is 25.1 Å². The van der Waals surface area contributed by atoms with Crippen molar-refractivity contribution in [1.82, 2.24) is 10.6 Å². The van der Waals surface area contributed by atoms with Crippen LogP contribution in [0.1, 0.15) is 13.3 Å². The molecule has 1 aromatic rings. The maximum absolute atomic E-state index is 12.2. The van der Waals surface area contributed by atoms with Crippen LogP contribution in [0, 0.1) is 5.92 Å². The van der Waals surface area contributed by atoms with Crippen molar-refractivity contribution < 1.29 is 9.53 Å². The molecule has 0 bridgehead atoms. The third kappa shape index (κ3) is 5.34. The fraction of sp³-hybridized carbons (Fsp3) is 0.562. The quantitative estimate of drug-likeness (QED) is 0.569. The highest BCUT2D eigenvalue weighted by Crippen LogP contribution is 2.17. The van der Waals surface area contributed by atoms with Crippen molar-refractivity contribution in [3.05, 3.63) is 30.3 Å². The van der Waals surface area contributed by atoms with Gasteiger partial charge in [0, 0.05) is 23.2 Å². The molecule has 2 rings (SSSR count). The molecule has 1 heterocycles. The first kappa shape index (κ1) is 16.3. The second-order valence-corrected chi connectivity index (χ2v) is 6.33. The lowest BCUT2D eigenvalue weighted by Crippen LogP contribution is -2.44. The van der Waals surface area contributed by atoms with Gasteiger partial charge >= 0.3 is 0 Å². The molecule has 2 atom stereocenters. The van der Waals surface area contributed by atoms with E-state index in [1.54, 1.807) is 11.8 Å². The lowest BCUT2D eigenvalue weighted by Gasteiger charge is -2.18. The maximum Gasteiger partial charge on any atom is 0.227 e. The van der Waals surface area contributed by atoms with E-state index in [-0.39, 0.29) is 17.9 Å². The number of carbonyl (C=O) groups is 1. The van der Waals surface area contributed by atoms with Crippen molar-refractivity contribution in [3.63, 3.8) is 0 Å². The largest absolute Gasteiger partial charge is 0.379 e. The van der Waals surface area contributed by atoms with Gasteiger partial charge in [0.25, 0.3) is 0 Å². The predicted molar refractivity (Wildman–Crippen MR) is 86.6 cm³/mol. The average molecular weight is 308 g/mol. The number of nitrogens with one attached hydrogen (secondary N) is 2. The number of amides is 1. The Morgan fingerprint density at radius 1 is 1.29 bits per heavy atom. The van der Waals surface area contributed by atoms with E-state index >= 15 is 0 Å². The fourth-order valence-electron chi connectivity index (χ4n) is 2.33. The van der Waals surface area contributed by atoms with E-state index in [1.165, 1.54) is 4.90 Å². The molecule has 0 saturated carbocycles. The molecule has 0 radical (unpaired) electrons. The second-order valence-electron chi connectivity index (χ2n) is 5.16. The summed E-state index contributed by atoms with van der Waals surface area (Å²) in [5.41, 5.74) is 0. The number of hydrogen-bond acceptors (Lipinski definition) is 4. The van der Waals surface area contributed by atoms with Gasteiger partial charge in [-0.3, -0.25) is 4.79 Å². The molecule has 1 aromatic carbocycles. The highest BCUT2D eigenvalue weighted by Gasteiger charge is 2.33. The monoisotopic (exact) mass is 308 g/mol. The van der Waals surface area contributed by atoms with Crippen molar-refractivity contribution in [3.8, 4) is 0 Å². The van der Waals surface area contributed by atoms with Crippen LogP contribution in [0.4, 0.5) is 0 Å². The van der Waals surface area contributed by atoms with E-state index in [9.17, 15) is 4.79 Å². The zero-order valence-electron chi connectivity index (χ0n) is 12.5. The zero-order valence-corrected chi connectivity index (χ0v) is 13.3. The highest BCUT2D eigenvalue weighted by atomic mass is 32.2. The minimum absolute atomic E-state index is 0.0572. The smallest absolute Gasteiger partial charge is 0.227 e. The number of thioether (sulfide) groups is 1. The van der Waals surface area contributed by atoms with Gasteiger partial charge in [0.05, 0.1) is 19.1 Å². The summed E-state index contributed by atoms with van der Waals surface area (Å²) >= 11 is 1.76. The van der Waals surface area contributed by atoms with Gasteiger partial charge in [-0.2, -0.15) is 0 Å². The van der Waals surface area contributed by atoms with Crippen LogP contribution >= 0.6 is 11.8 Å². The molecule has 1 amide bonds. The van der Waals surface area contributed by atoms with Crippen molar-refractivity contribution in [2.24, 2.45) is 5.92 Å². The van der Waals surface area contributed by atoms with Gasteiger partial charge in [-0.15, -0.1) is 11.8 Å². The fourth-order valence-corrected chi connectivity index (χ4v) is 3.12. The van der Waals surface area contributed by atoms with Crippen molar-refractivity contribution >= 4 is 17.7 Å². The van der Waals surface area contributed by atoms with Crippen LogP contribution in [-0.2, 0) is 9.53 Å². The third-order valence-corrected chi connectivity index (χ3v) is 4.50. The molecule has 1 fully saturated rings. The molecular weight excluding hydrogens is 284 g/mol. The summed E-state index contributed by atoms with van der Waals surface area (Å²) in [5.74, 6) is 0.934. The van der Waals surface area contributed by atoms with Gasteiger partial charge in [0.15, 0.2) is 0 Å². The number of benzene rings is 1. The molecule has 0 aliphatic carbocycles. The van der Waals surface area contributed by atoms with Crippen molar-refractivity contribution in [1.29, 1.82) is 0 Å². The maximum atomic E-state index is 12.2. The number of rotatable bonds is 8. The minimum Gasteiger partial charge on any atom is -0.379 e.